The maximum atomic E-state index is 12.5. The van der Waals surface area contributed by atoms with Crippen LogP contribution in [0.1, 0.15) is 34.0 Å². The average Bonchev–Trinajstić information content (AvgIpc) is 3.11. The van der Waals surface area contributed by atoms with Crippen molar-refractivity contribution < 1.29 is 19.4 Å². The van der Waals surface area contributed by atoms with E-state index in [9.17, 15) is 14.7 Å². The molecule has 0 fully saturated rings. The van der Waals surface area contributed by atoms with Crippen molar-refractivity contribution in [3.8, 4) is 16.3 Å². The van der Waals surface area contributed by atoms with Gasteiger partial charge in [0.25, 0.3) is 0 Å². The number of hydrogen-bond acceptors (Lipinski definition) is 5. The van der Waals surface area contributed by atoms with Crippen LogP contribution in [0.2, 0.25) is 11.4 Å². The number of carboxylic acids is 1. The van der Waals surface area contributed by atoms with Gasteiger partial charge in [-0.3, -0.25) is 0 Å². The van der Waals surface area contributed by atoms with Crippen molar-refractivity contribution in [3.63, 3.8) is 0 Å². The monoisotopic (exact) mass is 499 g/mol. The summed E-state index contributed by atoms with van der Waals surface area (Å²) in [6.07, 6.45) is -0.173. The van der Waals surface area contributed by atoms with Crippen LogP contribution >= 0.6 is 11.3 Å². The second-order valence-electron chi connectivity index (χ2n) is 7.63. The molecule has 1 unspecified atom stereocenters. The van der Waals surface area contributed by atoms with Gasteiger partial charge >= 0.3 is 155 Å². The summed E-state index contributed by atoms with van der Waals surface area (Å²) < 4.78 is 6.02. The van der Waals surface area contributed by atoms with Crippen molar-refractivity contribution in [3.05, 3.63) is 70.2 Å². The number of aryl methyl sites for hydroxylation is 2. The first kappa shape index (κ1) is 23.2. The van der Waals surface area contributed by atoms with Crippen molar-refractivity contribution >= 4 is 36.5 Å². The van der Waals surface area contributed by atoms with Gasteiger partial charge in [-0.2, -0.15) is 0 Å². The third kappa shape index (κ3) is 6.05. The molecule has 0 spiro atoms. The predicted octanol–water partition coefficient (Wildman–Crippen LogP) is 5.43. The molecule has 1 atom stereocenters. The Kier molecular flexibility index (Phi) is 7.68. The molecule has 0 aliphatic rings. The molecule has 0 aliphatic carbocycles. The summed E-state index contributed by atoms with van der Waals surface area (Å²) in [6.45, 7) is 4.45. The number of aromatic nitrogens is 1. The minimum Gasteiger partial charge on any atom is -0.0586 e. The fourth-order valence-corrected chi connectivity index (χ4v) is 5.95. The number of nitrogens with zero attached hydrogens (tertiary/aromatic N) is 1. The van der Waals surface area contributed by atoms with Gasteiger partial charge in [-0.05, 0) is 6.92 Å². The first-order valence-corrected chi connectivity index (χ1v) is 15.4. The summed E-state index contributed by atoms with van der Waals surface area (Å²) in [5.41, 5.74) is 7.86. The van der Waals surface area contributed by atoms with Crippen LogP contribution in [0.5, 0.6) is 5.75 Å². The van der Waals surface area contributed by atoms with E-state index in [4.69, 9.17) is 4.74 Å². The van der Waals surface area contributed by atoms with Crippen LogP contribution in [-0.2, 0) is 16.2 Å². The predicted molar refractivity (Wildman–Crippen MR) is 125 cm³/mol. The Morgan fingerprint density at radius 2 is 1.71 bits per heavy atom. The number of benzene rings is 2. The minimum atomic E-state index is -1.66. The summed E-state index contributed by atoms with van der Waals surface area (Å²) in [7, 11) is 0. The molecule has 0 saturated heterocycles. The second-order valence-corrected chi connectivity index (χ2v) is 13.4. The van der Waals surface area contributed by atoms with Gasteiger partial charge in [-0.1, -0.05) is 29.8 Å². The summed E-state index contributed by atoms with van der Waals surface area (Å²) in [6, 6.07) is 15.5. The van der Waals surface area contributed by atoms with E-state index in [-0.39, 0.29) is 11.0 Å². The number of carbonyl (C=O) groups is 2. The van der Waals surface area contributed by atoms with E-state index in [0.29, 0.717) is 12.4 Å². The third-order valence-corrected chi connectivity index (χ3v) is 8.64. The number of hydrogen-bond donors (Lipinski definition) is 1. The Morgan fingerprint density at radius 1 is 1.06 bits per heavy atom. The largest absolute Gasteiger partial charge is 0.0586 e. The minimum absolute atomic E-state index is 0.0764. The molecular formula is C24H26AsNO4S. The van der Waals surface area contributed by atoms with E-state index in [1.54, 1.807) is 35.6 Å². The molecule has 3 aromatic rings. The van der Waals surface area contributed by atoms with Gasteiger partial charge in [0.15, 0.2) is 0 Å². The molecule has 7 heteroatoms. The molecule has 1 heterocycles. The number of aliphatic carboxylic acids is 1. The van der Waals surface area contributed by atoms with Crippen LogP contribution in [0.25, 0.3) is 10.6 Å². The van der Waals surface area contributed by atoms with Crippen LogP contribution in [-0.4, -0.2) is 35.3 Å². The number of carbonyl (C=O) groups excluding carboxylic acids is 1. The van der Waals surface area contributed by atoms with Gasteiger partial charge in [0.05, 0.1) is 0 Å². The van der Waals surface area contributed by atoms with E-state index >= 15 is 0 Å². The SMILES string of the molecule is Cc1ccc(-c2nc(C)c(COc3ccc(C(CC(=O)O)C(=O)[As](C)C)cc3)s2)cc1. The van der Waals surface area contributed by atoms with Crippen molar-refractivity contribution in [2.75, 3.05) is 0 Å². The topological polar surface area (TPSA) is 76.5 Å². The maximum Gasteiger partial charge on any atom is -0.0517 e. The van der Waals surface area contributed by atoms with Crippen molar-refractivity contribution in [1.29, 1.82) is 0 Å². The molecule has 0 aliphatic heterocycles. The molecule has 31 heavy (non-hydrogen) atoms. The maximum absolute atomic E-state index is 12.5. The zero-order chi connectivity index (χ0) is 22.5. The molecule has 3 rings (SSSR count). The first-order chi connectivity index (χ1) is 14.7. The van der Waals surface area contributed by atoms with Gasteiger partial charge in [0.2, 0.25) is 0 Å². The van der Waals surface area contributed by atoms with Crippen LogP contribution in [0.15, 0.2) is 48.5 Å². The molecule has 1 N–H and O–H groups in total. The average molecular weight is 499 g/mol. The molecule has 0 bridgehead atoms. The molecule has 0 radical (unpaired) electrons. The zero-order valence-electron chi connectivity index (χ0n) is 18.1. The van der Waals surface area contributed by atoms with Gasteiger partial charge in [-0.25, -0.2) is 0 Å². The third-order valence-electron chi connectivity index (χ3n) is 4.96. The van der Waals surface area contributed by atoms with E-state index < -0.39 is 26.5 Å². The summed E-state index contributed by atoms with van der Waals surface area (Å²) in [4.78, 5) is 29.5. The Labute approximate surface area is 191 Å². The number of carboxylic acid groups (broad SMARTS) is 1. The van der Waals surface area contributed by atoms with Crippen LogP contribution in [0, 0.1) is 13.8 Å². The van der Waals surface area contributed by atoms with E-state index in [0.717, 1.165) is 26.7 Å². The molecular weight excluding hydrogens is 473 g/mol. The Balaban J connectivity index is 1.69. The van der Waals surface area contributed by atoms with Crippen LogP contribution in [0.3, 0.4) is 0 Å². The molecule has 1 aromatic heterocycles. The molecule has 2 aromatic carbocycles. The Bertz CT molecular complexity index is 1060. The van der Waals surface area contributed by atoms with Crippen LogP contribution < -0.4 is 4.74 Å². The van der Waals surface area contributed by atoms with Crippen LogP contribution in [0.4, 0.5) is 0 Å². The number of rotatable bonds is 9. The zero-order valence-corrected chi connectivity index (χ0v) is 20.8. The fourth-order valence-electron chi connectivity index (χ4n) is 3.16. The number of thiazole rings is 1. The normalized spacial score (nSPS) is 12.0. The smallest absolute Gasteiger partial charge is 0.0517 e. The summed E-state index contributed by atoms with van der Waals surface area (Å²) >= 11 is -0.0392. The Hall–Kier alpha value is -2.43. The fraction of sp³-hybridized carbons (Fsp3) is 0.292. The van der Waals surface area contributed by atoms with Gasteiger partial charge < -0.3 is 0 Å². The quantitative estimate of drug-likeness (QED) is 0.398. The Morgan fingerprint density at radius 3 is 2.29 bits per heavy atom. The summed E-state index contributed by atoms with van der Waals surface area (Å²) in [5, 5.41) is 10.2. The first-order valence-electron chi connectivity index (χ1n) is 9.93. The second kappa shape index (κ2) is 10.3. The van der Waals surface area contributed by atoms with E-state index in [2.05, 4.69) is 36.2 Å². The van der Waals surface area contributed by atoms with Gasteiger partial charge in [-0.15, -0.1) is 0 Å². The van der Waals surface area contributed by atoms with Crippen molar-refractivity contribution in [2.45, 2.75) is 44.2 Å². The van der Waals surface area contributed by atoms with E-state index in [1.807, 2.05) is 18.3 Å². The molecule has 162 valence electrons. The molecule has 0 amide bonds. The van der Waals surface area contributed by atoms with Crippen molar-refractivity contribution in [2.24, 2.45) is 0 Å². The molecule has 5 nitrogen and oxygen atoms in total. The van der Waals surface area contributed by atoms with Gasteiger partial charge in [0.1, 0.15) is 0 Å². The summed E-state index contributed by atoms with van der Waals surface area (Å²) in [5.74, 6) is -0.862. The van der Waals surface area contributed by atoms with Crippen molar-refractivity contribution in [1.82, 2.24) is 4.98 Å². The molecule has 0 saturated carbocycles. The van der Waals surface area contributed by atoms with E-state index in [1.165, 1.54) is 5.56 Å². The van der Waals surface area contributed by atoms with Gasteiger partial charge in [0, 0.05) is 0 Å². The standard InChI is InChI=1S/C24H26AsNO4S/c1-15-5-7-18(8-6-15)24-26-16(2)21(31-24)14-30-19-11-9-17(10-12-19)20(13-22(27)28)23(29)25(3)4/h5-12,20H,13-14H2,1-4H3,(H,27,28). The number of ether oxygens (including phenoxy) is 1.